The van der Waals surface area contributed by atoms with Gasteiger partial charge in [0.25, 0.3) is 5.69 Å². The first kappa shape index (κ1) is 15.5. The number of carbonyl (C=O) groups excluding carboxylic acids is 2. The maximum atomic E-state index is 12.2. The summed E-state index contributed by atoms with van der Waals surface area (Å²) in [5.41, 5.74) is 1.10. The van der Waals surface area contributed by atoms with Crippen LogP contribution in [0, 0.1) is 6.92 Å². The first-order valence-corrected chi connectivity index (χ1v) is 6.66. The molecule has 2 rings (SSSR count). The predicted molar refractivity (Wildman–Crippen MR) is 73.5 cm³/mol. The minimum atomic E-state index is -0.860. The number of hydrogen-bond donors (Lipinski definition) is 1. The Balaban J connectivity index is 2.29. The van der Waals surface area contributed by atoms with Crippen LogP contribution in [-0.4, -0.2) is 28.4 Å². The number of ether oxygens (including phenoxy) is 1. The minimum absolute atomic E-state index is 0.0972. The van der Waals surface area contributed by atoms with Gasteiger partial charge < -0.3 is 9.84 Å². The van der Waals surface area contributed by atoms with E-state index < -0.39 is 11.8 Å². The molecule has 2 aromatic rings. The van der Waals surface area contributed by atoms with Gasteiger partial charge in [-0.3, -0.25) is 4.79 Å². The smallest absolute Gasteiger partial charge is 0.383 e. The summed E-state index contributed by atoms with van der Waals surface area (Å²) in [5.74, 6) is 3.39. The minimum Gasteiger partial charge on any atom is -0.836 e. The molecule has 0 saturated carbocycles. The van der Waals surface area contributed by atoms with E-state index >= 15 is 0 Å². The van der Waals surface area contributed by atoms with Crippen LogP contribution in [0.3, 0.4) is 0 Å². The molecule has 0 bridgehead atoms. The summed E-state index contributed by atoms with van der Waals surface area (Å²) in [6.07, 6.45) is 0. The molecule has 0 spiro atoms. The topological polar surface area (TPSA) is 114 Å². The summed E-state index contributed by atoms with van der Waals surface area (Å²) in [7, 11) is 0. The van der Waals surface area contributed by atoms with E-state index in [2.05, 4.69) is 5.21 Å². The van der Waals surface area contributed by atoms with Gasteiger partial charge in [0.1, 0.15) is 5.21 Å². The summed E-state index contributed by atoms with van der Waals surface area (Å²) >= 11 is 0. The molecule has 0 aliphatic rings. The van der Waals surface area contributed by atoms with E-state index in [4.69, 9.17) is 10.6 Å². The highest BCUT2D eigenvalue weighted by Crippen LogP contribution is 2.09. The molecule has 0 amide bonds. The number of ketones is 1. The molecule has 8 nitrogen and oxygen atoms in total. The fourth-order valence-electron chi connectivity index (χ4n) is 1.89. The lowest BCUT2D eigenvalue weighted by molar-refractivity contribution is -0.745. The van der Waals surface area contributed by atoms with Gasteiger partial charge in [0, 0.05) is 5.56 Å². The molecule has 1 aromatic heterocycles. The SMILES string of the molecule is CCOC(=O)c1c([O-])n(N)n[n+]1CC(=O)c1ccc(C)cc1. The Morgan fingerprint density at radius 2 is 2.00 bits per heavy atom. The van der Waals surface area contributed by atoms with Crippen LogP contribution in [0.25, 0.3) is 0 Å². The number of nitrogens with two attached hydrogens (primary N) is 1. The van der Waals surface area contributed by atoms with Gasteiger partial charge in [0.05, 0.1) is 6.61 Å². The first-order valence-electron chi connectivity index (χ1n) is 6.66. The van der Waals surface area contributed by atoms with Crippen LogP contribution in [-0.2, 0) is 11.3 Å². The van der Waals surface area contributed by atoms with Gasteiger partial charge >= 0.3 is 5.97 Å². The van der Waals surface area contributed by atoms with Gasteiger partial charge in [-0.05, 0) is 18.6 Å². The zero-order chi connectivity index (χ0) is 16.3. The molecule has 1 aromatic carbocycles. The van der Waals surface area contributed by atoms with Crippen molar-refractivity contribution in [1.29, 1.82) is 0 Å². The second kappa shape index (κ2) is 6.25. The van der Waals surface area contributed by atoms with Gasteiger partial charge in [-0.25, -0.2) is 10.6 Å². The van der Waals surface area contributed by atoms with Crippen LogP contribution < -0.4 is 15.6 Å². The third kappa shape index (κ3) is 3.05. The number of carbonyl (C=O) groups is 2. The Morgan fingerprint density at radius 1 is 1.36 bits per heavy atom. The number of aryl methyl sites for hydroxylation is 1. The first-order chi connectivity index (χ1) is 10.4. The predicted octanol–water partition coefficient (Wildman–Crippen LogP) is -0.674. The Kier molecular flexibility index (Phi) is 4.40. The Hall–Kier alpha value is -2.90. The molecule has 0 atom stereocenters. The van der Waals surface area contributed by atoms with Crippen LogP contribution in [0.1, 0.15) is 33.3 Å². The Morgan fingerprint density at radius 3 is 2.59 bits per heavy atom. The van der Waals surface area contributed by atoms with E-state index in [1.165, 1.54) is 0 Å². The van der Waals surface area contributed by atoms with Gasteiger partial charge in [-0.15, -0.1) is 4.68 Å². The molecule has 8 heteroatoms. The average Bonchev–Trinajstić information content (AvgIpc) is 2.74. The fraction of sp³-hybridized carbons (Fsp3) is 0.286. The van der Waals surface area contributed by atoms with Crippen LogP contribution in [0.2, 0.25) is 0 Å². The summed E-state index contributed by atoms with van der Waals surface area (Å²) in [4.78, 5) is 24.5. The van der Waals surface area contributed by atoms with E-state index in [-0.39, 0.29) is 24.6 Å². The quantitative estimate of drug-likeness (QED) is 0.339. The molecular formula is C14H16N4O4. The highest BCUT2D eigenvalue weighted by atomic mass is 16.5. The monoisotopic (exact) mass is 304 g/mol. The second-order valence-corrected chi connectivity index (χ2v) is 4.66. The van der Waals surface area contributed by atoms with Crippen molar-refractivity contribution < 1.29 is 24.1 Å². The zero-order valence-corrected chi connectivity index (χ0v) is 12.3. The molecule has 0 radical (unpaired) electrons. The lowest BCUT2D eigenvalue weighted by atomic mass is 10.1. The molecule has 0 unspecified atom stereocenters. The van der Waals surface area contributed by atoms with Crippen LogP contribution in [0.5, 0.6) is 5.88 Å². The van der Waals surface area contributed by atoms with Crippen molar-refractivity contribution in [3.05, 3.63) is 41.1 Å². The highest BCUT2D eigenvalue weighted by molar-refractivity contribution is 5.95. The van der Waals surface area contributed by atoms with E-state index in [1.54, 1.807) is 31.2 Å². The molecule has 116 valence electrons. The fourth-order valence-corrected chi connectivity index (χ4v) is 1.89. The normalized spacial score (nSPS) is 10.5. The summed E-state index contributed by atoms with van der Waals surface area (Å²) in [6, 6.07) is 6.93. The van der Waals surface area contributed by atoms with Crippen LogP contribution in [0.4, 0.5) is 0 Å². The van der Waals surface area contributed by atoms with Gasteiger partial charge in [0.15, 0.2) is 12.4 Å². The van der Waals surface area contributed by atoms with E-state index in [0.717, 1.165) is 10.2 Å². The average molecular weight is 304 g/mol. The molecule has 0 fully saturated rings. The number of esters is 1. The molecule has 1 heterocycles. The molecular weight excluding hydrogens is 288 g/mol. The van der Waals surface area contributed by atoms with Crippen molar-refractivity contribution in [2.45, 2.75) is 20.4 Å². The lowest BCUT2D eigenvalue weighted by Crippen LogP contribution is -2.46. The van der Waals surface area contributed by atoms with E-state index in [1.807, 2.05) is 6.92 Å². The van der Waals surface area contributed by atoms with Crippen molar-refractivity contribution in [2.24, 2.45) is 0 Å². The van der Waals surface area contributed by atoms with Crippen LogP contribution >= 0.6 is 0 Å². The molecule has 2 N–H and O–H groups in total. The molecule has 0 aliphatic heterocycles. The maximum absolute atomic E-state index is 12.2. The lowest BCUT2D eigenvalue weighted by Gasteiger charge is -2.03. The largest absolute Gasteiger partial charge is 0.836 e. The van der Waals surface area contributed by atoms with Gasteiger partial charge in [0.2, 0.25) is 5.78 Å². The van der Waals surface area contributed by atoms with Crippen molar-refractivity contribution in [3.63, 3.8) is 0 Å². The van der Waals surface area contributed by atoms with Crippen molar-refractivity contribution in [3.8, 4) is 5.88 Å². The molecule has 22 heavy (non-hydrogen) atoms. The van der Waals surface area contributed by atoms with Gasteiger partial charge in [-0.2, -0.15) is 0 Å². The Labute approximate surface area is 126 Å². The second-order valence-electron chi connectivity index (χ2n) is 4.66. The van der Waals surface area contributed by atoms with Gasteiger partial charge in [-0.1, -0.05) is 29.8 Å². The number of hydrogen-bond acceptors (Lipinski definition) is 6. The third-order valence-corrected chi connectivity index (χ3v) is 3.01. The maximum Gasteiger partial charge on any atom is 0.383 e. The number of aromatic nitrogens is 3. The standard InChI is InChI=1S/C14H16N4O4/c1-3-22-14(21)12-13(20)18(15)16-17(12)8-11(19)10-6-4-9(2)5-7-10/h4-7H,3,8H2,1-2H3,(H2-,15,16,20,21). The van der Waals surface area contributed by atoms with Crippen molar-refractivity contribution in [2.75, 3.05) is 12.4 Å². The van der Waals surface area contributed by atoms with E-state index in [9.17, 15) is 14.7 Å². The summed E-state index contributed by atoms with van der Waals surface area (Å²) < 4.78 is 5.75. The number of benzene rings is 1. The number of rotatable bonds is 5. The third-order valence-electron chi connectivity index (χ3n) is 3.01. The van der Waals surface area contributed by atoms with Crippen molar-refractivity contribution >= 4 is 11.8 Å². The summed E-state index contributed by atoms with van der Waals surface area (Å²) in [5, 5.41) is 15.5. The van der Waals surface area contributed by atoms with Crippen LogP contribution in [0.15, 0.2) is 24.3 Å². The molecule has 0 saturated heterocycles. The summed E-state index contributed by atoms with van der Waals surface area (Å²) in [6.45, 7) is 3.33. The Bertz CT molecular complexity index is 706. The number of nitrogen functional groups attached to an aromatic ring is 1. The van der Waals surface area contributed by atoms with E-state index in [0.29, 0.717) is 10.4 Å². The highest BCUT2D eigenvalue weighted by Gasteiger charge is 2.28. The number of nitrogens with zero attached hydrogens (tertiary/aromatic N) is 3. The molecule has 0 aliphatic carbocycles. The van der Waals surface area contributed by atoms with Crippen molar-refractivity contribution in [1.82, 2.24) is 10.0 Å². The number of Topliss-reactive ketones (excluding diaryl/α,β-unsaturated/α-hetero) is 1. The zero-order valence-electron chi connectivity index (χ0n) is 12.3.